The summed E-state index contributed by atoms with van der Waals surface area (Å²) in [4.78, 5) is 23.0. The molecule has 0 amide bonds. The van der Waals surface area contributed by atoms with E-state index >= 15 is 0 Å². The van der Waals surface area contributed by atoms with Crippen LogP contribution in [0.5, 0.6) is 0 Å². The summed E-state index contributed by atoms with van der Waals surface area (Å²) in [5, 5.41) is 1.02. The smallest absolute Gasteiger partial charge is 0.278 e. The first-order chi connectivity index (χ1) is 11.2. The normalized spacial score (nSPS) is 19.1. The van der Waals surface area contributed by atoms with Gasteiger partial charge in [-0.3, -0.25) is 14.3 Å². The van der Waals surface area contributed by atoms with E-state index in [1.165, 1.54) is 18.4 Å². The van der Waals surface area contributed by atoms with Crippen molar-refractivity contribution < 1.29 is 0 Å². The van der Waals surface area contributed by atoms with Crippen LogP contribution in [0.15, 0.2) is 29.3 Å². The maximum atomic E-state index is 12.8. The van der Waals surface area contributed by atoms with Gasteiger partial charge in [0.15, 0.2) is 0 Å². The zero-order valence-corrected chi connectivity index (χ0v) is 13.7. The Hall–Kier alpha value is -2.14. The van der Waals surface area contributed by atoms with Crippen LogP contribution in [0.4, 0.5) is 0 Å². The molecule has 120 valence electrons. The van der Waals surface area contributed by atoms with E-state index in [1.807, 2.05) is 12.1 Å². The minimum atomic E-state index is 0.0191. The largest absolute Gasteiger partial charge is 0.349 e. The van der Waals surface area contributed by atoms with E-state index in [0.717, 1.165) is 29.4 Å². The van der Waals surface area contributed by atoms with E-state index in [2.05, 4.69) is 34.8 Å². The van der Waals surface area contributed by atoms with Gasteiger partial charge in [-0.15, -0.1) is 0 Å². The number of aromatic nitrogens is 3. The first-order valence-electron chi connectivity index (χ1n) is 8.39. The van der Waals surface area contributed by atoms with Gasteiger partial charge in [0.25, 0.3) is 5.56 Å². The van der Waals surface area contributed by atoms with Crippen molar-refractivity contribution in [2.45, 2.75) is 45.8 Å². The molecule has 0 bridgehead atoms. The number of H-pyrrole nitrogens is 1. The van der Waals surface area contributed by atoms with Gasteiger partial charge >= 0.3 is 0 Å². The van der Waals surface area contributed by atoms with Crippen LogP contribution in [0.3, 0.4) is 0 Å². The predicted molar refractivity (Wildman–Crippen MR) is 92.6 cm³/mol. The second kappa shape index (κ2) is 5.49. The fourth-order valence-corrected chi connectivity index (χ4v) is 3.74. The highest BCUT2D eigenvalue weighted by molar-refractivity contribution is 6.04. The minimum Gasteiger partial charge on any atom is -0.349 e. The molecule has 1 aliphatic heterocycles. The Balaban J connectivity index is 1.79. The van der Waals surface area contributed by atoms with Crippen molar-refractivity contribution in [1.29, 1.82) is 0 Å². The van der Waals surface area contributed by atoms with E-state index < -0.39 is 0 Å². The minimum absolute atomic E-state index is 0.0191. The Bertz CT molecular complexity index is 924. The van der Waals surface area contributed by atoms with Crippen LogP contribution in [0.2, 0.25) is 0 Å². The van der Waals surface area contributed by atoms with Gasteiger partial charge in [0.2, 0.25) is 0 Å². The fourth-order valence-electron chi connectivity index (χ4n) is 3.74. The number of aryl methyl sites for hydroxylation is 1. The molecule has 23 heavy (non-hydrogen) atoms. The molecule has 0 saturated carbocycles. The molecule has 3 aromatic rings. The number of fused-ring (bicyclic) bond motifs is 3. The molecule has 1 aliphatic rings. The molecule has 5 heteroatoms. The maximum absolute atomic E-state index is 12.8. The first-order valence-corrected chi connectivity index (χ1v) is 8.39. The molecule has 0 spiro atoms. The Kier molecular flexibility index (Phi) is 3.45. The quantitative estimate of drug-likeness (QED) is 0.809. The lowest BCUT2D eigenvalue weighted by Gasteiger charge is -2.23. The highest BCUT2D eigenvalue weighted by atomic mass is 16.1. The van der Waals surface area contributed by atoms with E-state index in [-0.39, 0.29) is 5.56 Å². The van der Waals surface area contributed by atoms with E-state index in [1.54, 1.807) is 10.9 Å². The predicted octanol–water partition coefficient (Wildman–Crippen LogP) is 3.02. The number of hydrogen-bond donors (Lipinski definition) is 1. The van der Waals surface area contributed by atoms with Crippen molar-refractivity contribution in [2.24, 2.45) is 0 Å². The van der Waals surface area contributed by atoms with Crippen LogP contribution in [0, 0.1) is 6.92 Å². The molecule has 1 saturated heterocycles. The Morgan fingerprint density at radius 1 is 1.39 bits per heavy atom. The van der Waals surface area contributed by atoms with Crippen LogP contribution in [0.1, 0.15) is 31.7 Å². The molecule has 2 aromatic heterocycles. The number of nitrogens with one attached hydrogen (secondary N) is 1. The van der Waals surface area contributed by atoms with Crippen molar-refractivity contribution in [2.75, 3.05) is 6.54 Å². The van der Waals surface area contributed by atoms with E-state index in [9.17, 15) is 4.79 Å². The molecular weight excluding hydrogens is 288 g/mol. The molecule has 0 radical (unpaired) electrons. The van der Waals surface area contributed by atoms with Gasteiger partial charge in [-0.05, 0) is 38.3 Å². The second-order valence-electron chi connectivity index (χ2n) is 6.58. The zero-order chi connectivity index (χ0) is 16.0. The molecule has 1 N–H and O–H groups in total. The molecular formula is C18H22N4O. The number of benzene rings is 1. The number of likely N-dealkylation sites (tertiary alicyclic amines) is 1. The van der Waals surface area contributed by atoms with E-state index in [0.29, 0.717) is 18.2 Å². The van der Waals surface area contributed by atoms with Gasteiger partial charge in [0.05, 0.1) is 13.0 Å². The van der Waals surface area contributed by atoms with Crippen LogP contribution in [0.25, 0.3) is 21.9 Å². The molecule has 1 aromatic carbocycles. The van der Waals surface area contributed by atoms with Crippen LogP contribution in [-0.4, -0.2) is 32.0 Å². The lowest BCUT2D eigenvalue weighted by molar-refractivity contribution is 0.193. The van der Waals surface area contributed by atoms with Crippen molar-refractivity contribution in [3.05, 3.63) is 40.4 Å². The third-order valence-electron chi connectivity index (χ3n) is 5.03. The summed E-state index contributed by atoms with van der Waals surface area (Å²) in [5.41, 5.74) is 3.55. The van der Waals surface area contributed by atoms with E-state index in [4.69, 9.17) is 0 Å². The van der Waals surface area contributed by atoms with Crippen LogP contribution < -0.4 is 5.56 Å². The number of hydrogen-bond acceptors (Lipinski definition) is 3. The summed E-state index contributed by atoms with van der Waals surface area (Å²) >= 11 is 0. The number of nitrogens with zero attached hydrogens (tertiary/aromatic N) is 3. The van der Waals surface area contributed by atoms with Crippen LogP contribution in [-0.2, 0) is 6.67 Å². The average molecular weight is 310 g/mol. The molecule has 3 heterocycles. The third-order valence-corrected chi connectivity index (χ3v) is 5.03. The molecule has 0 unspecified atom stereocenters. The summed E-state index contributed by atoms with van der Waals surface area (Å²) in [6, 6.07) is 6.73. The van der Waals surface area contributed by atoms with Gasteiger partial charge in [-0.2, -0.15) is 0 Å². The monoisotopic (exact) mass is 310 g/mol. The van der Waals surface area contributed by atoms with Gasteiger partial charge in [-0.1, -0.05) is 18.6 Å². The zero-order valence-electron chi connectivity index (χ0n) is 13.7. The summed E-state index contributed by atoms with van der Waals surface area (Å²) in [5.74, 6) is 0. The second-order valence-corrected chi connectivity index (χ2v) is 6.58. The van der Waals surface area contributed by atoms with Gasteiger partial charge in [0.1, 0.15) is 11.0 Å². The van der Waals surface area contributed by atoms with Crippen molar-refractivity contribution >= 4 is 21.9 Å². The topological polar surface area (TPSA) is 53.9 Å². The highest BCUT2D eigenvalue weighted by Gasteiger charge is 2.23. The fraction of sp³-hybridized carbons (Fsp3) is 0.444. The summed E-state index contributed by atoms with van der Waals surface area (Å²) in [6.07, 6.45) is 5.28. The number of aromatic amines is 1. The standard InChI is InChI=1S/C18H22N4O/c1-3-13-5-4-8-21(13)11-22-10-19-16-14-9-12(2)6-7-15(14)20-17(16)18(22)23/h6-7,9-10,13,20H,3-5,8,11H2,1-2H3/t13-/m0/s1. The maximum Gasteiger partial charge on any atom is 0.278 e. The molecule has 1 fully saturated rings. The SMILES string of the molecule is CC[C@H]1CCCN1Cn1cnc2c([nH]c3ccc(C)cc32)c1=O. The molecule has 5 nitrogen and oxygen atoms in total. The Morgan fingerprint density at radius 3 is 3.09 bits per heavy atom. The van der Waals surface area contributed by atoms with Crippen molar-refractivity contribution in [3.63, 3.8) is 0 Å². The van der Waals surface area contributed by atoms with Gasteiger partial charge in [-0.25, -0.2) is 4.98 Å². The lowest BCUT2D eigenvalue weighted by atomic mass is 10.2. The number of rotatable bonds is 3. The molecule has 4 rings (SSSR count). The van der Waals surface area contributed by atoms with Gasteiger partial charge < -0.3 is 4.98 Å². The first kappa shape index (κ1) is 14.5. The van der Waals surface area contributed by atoms with Crippen LogP contribution >= 0.6 is 0 Å². The molecule has 1 atom stereocenters. The highest BCUT2D eigenvalue weighted by Crippen LogP contribution is 2.23. The average Bonchev–Trinajstić information content (AvgIpc) is 3.14. The summed E-state index contributed by atoms with van der Waals surface area (Å²) < 4.78 is 1.73. The van der Waals surface area contributed by atoms with Crippen molar-refractivity contribution in [1.82, 2.24) is 19.4 Å². The lowest BCUT2D eigenvalue weighted by Crippen LogP contribution is -2.35. The van der Waals surface area contributed by atoms with Crippen molar-refractivity contribution in [3.8, 4) is 0 Å². The molecule has 0 aliphatic carbocycles. The summed E-state index contributed by atoms with van der Waals surface area (Å²) in [7, 11) is 0. The Labute approximate surface area is 134 Å². The Morgan fingerprint density at radius 2 is 2.26 bits per heavy atom. The van der Waals surface area contributed by atoms with Gasteiger partial charge in [0, 0.05) is 23.5 Å². The summed E-state index contributed by atoms with van der Waals surface area (Å²) in [6.45, 7) is 5.97. The third kappa shape index (κ3) is 2.36.